The number of rotatable bonds is 6. The summed E-state index contributed by atoms with van der Waals surface area (Å²) in [6, 6.07) is 66.9. The van der Waals surface area contributed by atoms with Gasteiger partial charge >= 0.3 is 0 Å². The summed E-state index contributed by atoms with van der Waals surface area (Å²) in [5.74, 6) is 1.94. The Balaban J connectivity index is 0.896. The van der Waals surface area contributed by atoms with Gasteiger partial charge in [0, 0.05) is 57.0 Å². The molecule has 0 aliphatic heterocycles. The Morgan fingerprint density at radius 2 is 0.536 bits per heavy atom. The van der Waals surface area contributed by atoms with Crippen molar-refractivity contribution >= 4 is 63.0 Å². The van der Waals surface area contributed by atoms with Crippen molar-refractivity contribution in [1.82, 2.24) is 15.0 Å². The number of nitrogens with zero attached hydrogens (tertiary/aromatic N) is 3. The zero-order chi connectivity index (χ0) is 37.0. The Morgan fingerprint density at radius 1 is 0.232 bits per heavy atom. The highest BCUT2D eigenvalue weighted by molar-refractivity contribution is 7.26. The normalized spacial score (nSPS) is 11.6. The highest BCUT2D eigenvalue weighted by Gasteiger charge is 2.14. The van der Waals surface area contributed by atoms with E-state index >= 15 is 0 Å². The van der Waals surface area contributed by atoms with Crippen molar-refractivity contribution in [2.75, 3.05) is 0 Å². The minimum absolute atomic E-state index is 0.644. The van der Waals surface area contributed by atoms with Gasteiger partial charge in [0.2, 0.25) is 0 Å². The van der Waals surface area contributed by atoms with E-state index in [2.05, 4.69) is 158 Å². The number of aromatic nitrogens is 3. The van der Waals surface area contributed by atoms with Crippen LogP contribution in [0.1, 0.15) is 0 Å². The first-order chi connectivity index (χ1) is 27.7. The molecule has 0 N–H and O–H groups in total. The third-order valence-electron chi connectivity index (χ3n) is 10.6. The van der Waals surface area contributed by atoms with Crippen molar-refractivity contribution in [3.63, 3.8) is 0 Å². The highest BCUT2D eigenvalue weighted by Crippen LogP contribution is 2.38. The Hall–Kier alpha value is -6.79. The first-order valence-electron chi connectivity index (χ1n) is 18.7. The molecule has 3 heterocycles. The van der Waals surface area contributed by atoms with Gasteiger partial charge in [-0.25, -0.2) is 15.0 Å². The molecule has 0 aliphatic carbocycles. The van der Waals surface area contributed by atoms with E-state index in [9.17, 15) is 0 Å². The fourth-order valence-electron chi connectivity index (χ4n) is 7.64. The lowest BCUT2D eigenvalue weighted by molar-refractivity contribution is 1.07. The van der Waals surface area contributed by atoms with Crippen LogP contribution in [-0.4, -0.2) is 15.0 Å². The third kappa shape index (κ3) is 5.86. The maximum Gasteiger partial charge on any atom is 0.164 e. The van der Waals surface area contributed by atoms with Gasteiger partial charge in [-0.3, -0.25) is 0 Å². The molecule has 3 aromatic heterocycles. The summed E-state index contributed by atoms with van der Waals surface area (Å²) in [5, 5.41) is 5.24. The molecule has 8 aromatic carbocycles. The Kier molecular flexibility index (Phi) is 7.87. The number of hydrogen-bond donors (Lipinski definition) is 0. The van der Waals surface area contributed by atoms with E-state index in [4.69, 9.17) is 15.0 Å². The molecular weight excluding hydrogens is 719 g/mol. The van der Waals surface area contributed by atoms with Crippen LogP contribution in [0.2, 0.25) is 0 Å². The van der Waals surface area contributed by atoms with E-state index in [0.717, 1.165) is 33.4 Å². The molecule has 56 heavy (non-hydrogen) atoms. The van der Waals surface area contributed by atoms with Gasteiger partial charge in [-0.05, 0) is 69.8 Å². The molecule has 0 spiro atoms. The number of benzene rings is 8. The Labute approximate surface area is 331 Å². The van der Waals surface area contributed by atoms with Gasteiger partial charge in [0.15, 0.2) is 17.5 Å². The molecule has 0 saturated heterocycles. The number of hydrogen-bond acceptors (Lipinski definition) is 5. The average molecular weight is 750 g/mol. The highest BCUT2D eigenvalue weighted by atomic mass is 32.1. The predicted molar refractivity (Wildman–Crippen MR) is 238 cm³/mol. The van der Waals surface area contributed by atoms with Crippen LogP contribution in [0.5, 0.6) is 0 Å². The molecule has 0 amide bonds. The molecule has 0 atom stereocenters. The van der Waals surface area contributed by atoms with Crippen LogP contribution in [0.15, 0.2) is 188 Å². The monoisotopic (exact) mass is 749 g/mol. The molecule has 5 heteroatoms. The van der Waals surface area contributed by atoms with Crippen LogP contribution in [0, 0.1) is 0 Å². The number of thiophene rings is 2. The standard InChI is InChI=1S/C51H31N3S2/c1-2-8-36(9-3-1)49-52-50(54-51(53-49)38-24-20-35(21-25-38)40-27-29-48-44(31-40)42-11-5-7-13-46(42)56-48)37-22-18-33(19-23-37)32-14-16-34(17-15-32)39-26-28-47-43(30-39)41-10-4-6-12-45(41)55-47/h1-31H. The Morgan fingerprint density at radius 3 is 0.964 bits per heavy atom. The van der Waals surface area contributed by atoms with Gasteiger partial charge in [-0.1, -0.05) is 152 Å². The second-order valence-corrected chi connectivity index (χ2v) is 16.2. The summed E-state index contributed by atoms with van der Waals surface area (Å²) in [4.78, 5) is 15.0. The molecule has 0 fully saturated rings. The molecule has 262 valence electrons. The summed E-state index contributed by atoms with van der Waals surface area (Å²) in [6.07, 6.45) is 0. The van der Waals surface area contributed by atoms with Crippen LogP contribution in [0.3, 0.4) is 0 Å². The summed E-state index contributed by atoms with van der Waals surface area (Å²) >= 11 is 3.69. The van der Waals surface area contributed by atoms with Crippen molar-refractivity contribution in [2.24, 2.45) is 0 Å². The molecule has 3 nitrogen and oxygen atoms in total. The lowest BCUT2D eigenvalue weighted by atomic mass is 9.98. The summed E-state index contributed by atoms with van der Waals surface area (Å²) in [5.41, 5.74) is 9.92. The molecule has 0 bridgehead atoms. The van der Waals surface area contributed by atoms with Crippen LogP contribution >= 0.6 is 22.7 Å². The number of fused-ring (bicyclic) bond motifs is 6. The van der Waals surface area contributed by atoms with Crippen LogP contribution < -0.4 is 0 Å². The lowest BCUT2D eigenvalue weighted by Gasteiger charge is -2.10. The smallest absolute Gasteiger partial charge is 0.164 e. The summed E-state index contributed by atoms with van der Waals surface area (Å²) in [6.45, 7) is 0. The largest absolute Gasteiger partial charge is 0.208 e. The average Bonchev–Trinajstić information content (AvgIpc) is 3.84. The maximum absolute atomic E-state index is 5.03. The zero-order valence-corrected chi connectivity index (χ0v) is 31.7. The fraction of sp³-hybridized carbons (Fsp3) is 0. The van der Waals surface area contributed by atoms with E-state index in [1.807, 2.05) is 53.0 Å². The fourth-order valence-corrected chi connectivity index (χ4v) is 9.81. The maximum atomic E-state index is 5.03. The van der Waals surface area contributed by atoms with E-state index in [1.54, 1.807) is 0 Å². The third-order valence-corrected chi connectivity index (χ3v) is 12.9. The van der Waals surface area contributed by atoms with Crippen molar-refractivity contribution in [3.05, 3.63) is 188 Å². The van der Waals surface area contributed by atoms with Crippen molar-refractivity contribution in [1.29, 1.82) is 0 Å². The van der Waals surface area contributed by atoms with Crippen LogP contribution in [0.25, 0.3) is 108 Å². The van der Waals surface area contributed by atoms with Gasteiger partial charge in [-0.15, -0.1) is 22.7 Å². The van der Waals surface area contributed by atoms with Gasteiger partial charge in [0.25, 0.3) is 0 Å². The second-order valence-electron chi connectivity index (χ2n) is 14.0. The van der Waals surface area contributed by atoms with Gasteiger partial charge in [0.05, 0.1) is 0 Å². The Bertz CT molecular complexity index is 3220. The van der Waals surface area contributed by atoms with E-state index in [1.165, 1.54) is 57.0 Å². The van der Waals surface area contributed by atoms with E-state index in [0.29, 0.717) is 17.5 Å². The van der Waals surface area contributed by atoms with Crippen molar-refractivity contribution in [3.8, 4) is 67.5 Å². The molecular formula is C51H31N3S2. The predicted octanol–water partition coefficient (Wildman–Crippen LogP) is 14.6. The minimum atomic E-state index is 0.644. The summed E-state index contributed by atoms with van der Waals surface area (Å²) in [7, 11) is 0. The first-order valence-corrected chi connectivity index (χ1v) is 20.3. The van der Waals surface area contributed by atoms with Gasteiger partial charge in [0.1, 0.15) is 0 Å². The SMILES string of the molecule is c1ccc(-c2nc(-c3ccc(-c4ccc(-c5ccc6sc7ccccc7c6c5)cc4)cc3)nc(-c3ccc(-c4ccc5sc6ccccc6c5c4)cc3)n2)cc1. The van der Waals surface area contributed by atoms with Gasteiger partial charge in [-0.2, -0.15) is 0 Å². The molecule has 11 aromatic rings. The molecule has 0 aliphatic rings. The van der Waals surface area contributed by atoms with Crippen molar-refractivity contribution < 1.29 is 0 Å². The minimum Gasteiger partial charge on any atom is -0.208 e. The lowest BCUT2D eigenvalue weighted by Crippen LogP contribution is -2.00. The first kappa shape index (κ1) is 32.6. The van der Waals surface area contributed by atoms with E-state index in [-0.39, 0.29) is 0 Å². The summed E-state index contributed by atoms with van der Waals surface area (Å²) < 4.78 is 5.27. The van der Waals surface area contributed by atoms with Crippen molar-refractivity contribution in [2.45, 2.75) is 0 Å². The molecule has 0 saturated carbocycles. The zero-order valence-electron chi connectivity index (χ0n) is 30.1. The van der Waals surface area contributed by atoms with E-state index < -0.39 is 0 Å². The molecule has 0 radical (unpaired) electrons. The van der Waals surface area contributed by atoms with Gasteiger partial charge < -0.3 is 0 Å². The molecule has 0 unspecified atom stereocenters. The quantitative estimate of drug-likeness (QED) is 0.170. The van der Waals surface area contributed by atoms with Crippen LogP contribution in [-0.2, 0) is 0 Å². The molecule has 11 rings (SSSR count). The van der Waals surface area contributed by atoms with Crippen LogP contribution in [0.4, 0.5) is 0 Å². The second kappa shape index (κ2) is 13.5. The topological polar surface area (TPSA) is 38.7 Å².